The van der Waals surface area contributed by atoms with Crippen LogP contribution in [-0.2, 0) is 16.1 Å². The lowest BCUT2D eigenvalue weighted by Crippen LogP contribution is -2.42. The number of amides is 1. The summed E-state index contributed by atoms with van der Waals surface area (Å²) < 4.78 is 15.8. The molecule has 1 N–H and O–H groups in total. The van der Waals surface area contributed by atoms with Crippen molar-refractivity contribution in [1.82, 2.24) is 4.90 Å². The minimum atomic E-state index is -1.13. The van der Waals surface area contributed by atoms with Crippen LogP contribution in [0.4, 0.5) is 0 Å². The summed E-state index contributed by atoms with van der Waals surface area (Å²) >= 11 is 0. The third-order valence-electron chi connectivity index (χ3n) is 3.46. The van der Waals surface area contributed by atoms with Gasteiger partial charge in [0.1, 0.15) is 23.3 Å². The summed E-state index contributed by atoms with van der Waals surface area (Å²) in [5.41, 5.74) is 0.528. The highest BCUT2D eigenvalue weighted by atomic mass is 16.5. The van der Waals surface area contributed by atoms with E-state index in [1.54, 1.807) is 12.1 Å². The molecular formula is C17H21NO6. The predicted octanol–water partition coefficient (Wildman–Crippen LogP) is 1.54. The molecule has 1 aromatic rings. The highest BCUT2D eigenvalue weighted by molar-refractivity contribution is 5.96. The summed E-state index contributed by atoms with van der Waals surface area (Å²) in [4.78, 5) is 24.7. The lowest BCUT2D eigenvalue weighted by atomic mass is 10.1. The van der Waals surface area contributed by atoms with E-state index in [1.165, 1.54) is 35.2 Å². The number of hydrogen-bond donors (Lipinski definition) is 1. The minimum Gasteiger partial charge on any atom is -0.496 e. The SMILES string of the molecule is CC#CC(=O)N(Cc1c(OC)cc(OC)cc1OC)[C@@H](C)C(=O)O. The predicted molar refractivity (Wildman–Crippen MR) is 87.2 cm³/mol. The van der Waals surface area contributed by atoms with Gasteiger partial charge in [0.25, 0.3) is 5.91 Å². The fourth-order valence-electron chi connectivity index (χ4n) is 2.10. The first-order chi connectivity index (χ1) is 11.4. The van der Waals surface area contributed by atoms with Gasteiger partial charge in [-0.1, -0.05) is 5.92 Å². The van der Waals surface area contributed by atoms with Gasteiger partial charge in [0.15, 0.2) is 0 Å². The van der Waals surface area contributed by atoms with E-state index in [0.717, 1.165) is 4.90 Å². The molecule has 0 fully saturated rings. The smallest absolute Gasteiger partial charge is 0.326 e. The standard InChI is InChI=1S/C17H21NO6/c1-6-7-16(19)18(11(2)17(20)21)10-13-14(23-4)8-12(22-3)9-15(13)24-5/h8-9,11H,10H2,1-5H3,(H,20,21)/t11-/m0/s1. The van der Waals surface area contributed by atoms with E-state index in [9.17, 15) is 14.7 Å². The first-order valence-electron chi connectivity index (χ1n) is 7.14. The first-order valence-corrected chi connectivity index (χ1v) is 7.14. The molecule has 0 heterocycles. The van der Waals surface area contributed by atoms with Crippen molar-refractivity contribution in [3.05, 3.63) is 17.7 Å². The fourth-order valence-corrected chi connectivity index (χ4v) is 2.10. The maximum Gasteiger partial charge on any atom is 0.326 e. The Hall–Kier alpha value is -2.88. The molecule has 7 heteroatoms. The van der Waals surface area contributed by atoms with Crippen molar-refractivity contribution in [1.29, 1.82) is 0 Å². The molecular weight excluding hydrogens is 314 g/mol. The van der Waals surface area contributed by atoms with Crippen molar-refractivity contribution in [2.45, 2.75) is 26.4 Å². The highest BCUT2D eigenvalue weighted by Crippen LogP contribution is 2.35. The van der Waals surface area contributed by atoms with E-state index in [1.807, 2.05) is 0 Å². The van der Waals surface area contributed by atoms with Crippen molar-refractivity contribution in [2.24, 2.45) is 0 Å². The largest absolute Gasteiger partial charge is 0.496 e. The van der Waals surface area contributed by atoms with Gasteiger partial charge in [-0.25, -0.2) is 4.79 Å². The molecule has 1 atom stereocenters. The van der Waals surface area contributed by atoms with Gasteiger partial charge >= 0.3 is 5.97 Å². The summed E-state index contributed by atoms with van der Waals surface area (Å²) in [5, 5.41) is 9.26. The normalized spacial score (nSPS) is 10.9. The van der Waals surface area contributed by atoms with E-state index >= 15 is 0 Å². The molecule has 7 nitrogen and oxygen atoms in total. The molecule has 1 rings (SSSR count). The Kier molecular flexibility index (Phi) is 6.93. The number of hydrogen-bond acceptors (Lipinski definition) is 5. The second-order valence-electron chi connectivity index (χ2n) is 4.83. The number of ether oxygens (including phenoxy) is 3. The topological polar surface area (TPSA) is 85.3 Å². The van der Waals surface area contributed by atoms with Crippen molar-refractivity contribution in [2.75, 3.05) is 21.3 Å². The van der Waals surface area contributed by atoms with Gasteiger partial charge in [-0.15, -0.1) is 0 Å². The maximum absolute atomic E-state index is 12.2. The van der Waals surface area contributed by atoms with Crippen molar-refractivity contribution < 1.29 is 28.9 Å². The fraction of sp³-hybridized carbons (Fsp3) is 0.412. The van der Waals surface area contributed by atoms with Crippen LogP contribution in [-0.4, -0.2) is 49.3 Å². The lowest BCUT2D eigenvalue weighted by Gasteiger charge is -2.26. The van der Waals surface area contributed by atoms with Crippen LogP contribution < -0.4 is 14.2 Å². The molecule has 0 aliphatic carbocycles. The quantitative estimate of drug-likeness (QED) is 0.761. The number of nitrogens with zero attached hydrogens (tertiary/aromatic N) is 1. The maximum atomic E-state index is 12.2. The Morgan fingerprint density at radius 1 is 1.17 bits per heavy atom. The summed E-state index contributed by atoms with van der Waals surface area (Å²) in [5.74, 6) is 4.49. The Morgan fingerprint density at radius 2 is 1.71 bits per heavy atom. The number of carbonyl (C=O) groups is 2. The van der Waals surface area contributed by atoms with Gasteiger partial charge in [0.2, 0.25) is 0 Å². The van der Waals surface area contributed by atoms with Gasteiger partial charge < -0.3 is 24.2 Å². The number of carboxylic acids is 1. The molecule has 0 aromatic heterocycles. The van der Waals surface area contributed by atoms with E-state index in [0.29, 0.717) is 22.8 Å². The van der Waals surface area contributed by atoms with Crippen molar-refractivity contribution in [3.63, 3.8) is 0 Å². The van der Waals surface area contributed by atoms with Crippen LogP contribution in [0.5, 0.6) is 17.2 Å². The zero-order valence-electron chi connectivity index (χ0n) is 14.4. The average molecular weight is 335 g/mol. The second-order valence-corrected chi connectivity index (χ2v) is 4.83. The van der Waals surface area contributed by atoms with Gasteiger partial charge in [-0.3, -0.25) is 4.79 Å². The molecule has 0 aliphatic heterocycles. The summed E-state index contributed by atoms with van der Waals surface area (Å²) in [6.45, 7) is 2.90. The molecule has 0 spiro atoms. The van der Waals surface area contributed by atoms with Gasteiger partial charge in [-0.2, -0.15) is 0 Å². The number of methoxy groups -OCH3 is 3. The highest BCUT2D eigenvalue weighted by Gasteiger charge is 2.27. The number of benzene rings is 1. The number of carboxylic acid groups (broad SMARTS) is 1. The molecule has 0 saturated carbocycles. The Morgan fingerprint density at radius 3 is 2.08 bits per heavy atom. The van der Waals surface area contributed by atoms with E-state index in [-0.39, 0.29) is 6.54 Å². The molecule has 0 radical (unpaired) electrons. The van der Waals surface area contributed by atoms with Crippen LogP contribution in [0.25, 0.3) is 0 Å². The molecule has 130 valence electrons. The molecule has 0 saturated heterocycles. The first kappa shape index (κ1) is 19.2. The van der Waals surface area contributed by atoms with Crippen LogP contribution >= 0.6 is 0 Å². The zero-order chi connectivity index (χ0) is 18.3. The second kappa shape index (κ2) is 8.67. The van der Waals surface area contributed by atoms with E-state index in [2.05, 4.69) is 11.8 Å². The lowest BCUT2D eigenvalue weighted by molar-refractivity contribution is -0.147. The molecule has 0 unspecified atom stereocenters. The molecule has 24 heavy (non-hydrogen) atoms. The minimum absolute atomic E-state index is 0.0304. The van der Waals surface area contributed by atoms with Crippen molar-refractivity contribution >= 4 is 11.9 Å². The third kappa shape index (κ3) is 4.32. The van der Waals surface area contributed by atoms with Crippen molar-refractivity contribution in [3.8, 4) is 29.1 Å². The van der Waals surface area contributed by atoms with E-state index in [4.69, 9.17) is 14.2 Å². The third-order valence-corrected chi connectivity index (χ3v) is 3.46. The number of aliphatic carboxylic acids is 1. The Labute approximate surface area is 141 Å². The van der Waals surface area contributed by atoms with Crippen LogP contribution in [0, 0.1) is 11.8 Å². The molecule has 1 aromatic carbocycles. The number of rotatable bonds is 7. The Bertz CT molecular complexity index is 648. The van der Waals surface area contributed by atoms with Gasteiger partial charge in [0, 0.05) is 12.1 Å². The van der Waals surface area contributed by atoms with Gasteiger partial charge in [-0.05, 0) is 19.8 Å². The van der Waals surface area contributed by atoms with Crippen LogP contribution in [0.2, 0.25) is 0 Å². The summed E-state index contributed by atoms with van der Waals surface area (Å²) in [6, 6.07) is 2.21. The van der Waals surface area contributed by atoms with Crippen LogP contribution in [0.1, 0.15) is 19.4 Å². The van der Waals surface area contributed by atoms with Crippen LogP contribution in [0.3, 0.4) is 0 Å². The zero-order valence-corrected chi connectivity index (χ0v) is 14.4. The molecule has 0 bridgehead atoms. The average Bonchev–Trinajstić information content (AvgIpc) is 2.58. The molecule has 1 amide bonds. The Balaban J connectivity index is 3.37. The molecule has 0 aliphatic rings. The van der Waals surface area contributed by atoms with Gasteiger partial charge in [0.05, 0.1) is 33.4 Å². The van der Waals surface area contributed by atoms with E-state index < -0.39 is 17.9 Å². The monoisotopic (exact) mass is 335 g/mol. The summed E-state index contributed by atoms with van der Waals surface area (Å²) in [7, 11) is 4.44. The van der Waals surface area contributed by atoms with Crippen LogP contribution in [0.15, 0.2) is 12.1 Å². The number of carbonyl (C=O) groups excluding carboxylic acids is 1. The summed E-state index contributed by atoms with van der Waals surface area (Å²) in [6.07, 6.45) is 0.